The molecule has 0 spiro atoms. The highest BCUT2D eigenvalue weighted by atomic mass is 19.1. The van der Waals surface area contributed by atoms with Crippen LogP contribution in [0.15, 0.2) is 79.0 Å². The fraction of sp³-hybridized carbons (Fsp3) is 0.269. The lowest BCUT2D eigenvalue weighted by molar-refractivity contribution is -0.123. The number of hydrogen-bond acceptors (Lipinski definition) is 3. The molecule has 1 atom stereocenters. The topological polar surface area (TPSA) is 62.3 Å². The minimum Gasteiger partial charge on any atom is -0.351 e. The third kappa shape index (κ3) is 4.85. The SMILES string of the molecule is O=C(NC1CCCCC1)[C@@H](c1ccccc1F)N(C(=O)c1ccccn1)c1ccccc1. The summed E-state index contributed by atoms with van der Waals surface area (Å²) < 4.78 is 15.0. The van der Waals surface area contributed by atoms with Crippen LogP contribution in [-0.2, 0) is 4.79 Å². The van der Waals surface area contributed by atoms with Crippen LogP contribution in [0.4, 0.5) is 10.1 Å². The average Bonchev–Trinajstić information content (AvgIpc) is 2.84. The third-order valence-corrected chi connectivity index (χ3v) is 5.80. The summed E-state index contributed by atoms with van der Waals surface area (Å²) in [4.78, 5) is 32.8. The molecule has 1 aliphatic rings. The van der Waals surface area contributed by atoms with Crippen LogP contribution in [0.1, 0.15) is 54.2 Å². The number of anilines is 1. The van der Waals surface area contributed by atoms with E-state index in [1.54, 1.807) is 60.7 Å². The summed E-state index contributed by atoms with van der Waals surface area (Å²) >= 11 is 0. The number of para-hydroxylation sites is 1. The van der Waals surface area contributed by atoms with Crippen LogP contribution in [0.5, 0.6) is 0 Å². The van der Waals surface area contributed by atoms with Gasteiger partial charge in [0.05, 0.1) is 0 Å². The van der Waals surface area contributed by atoms with Crippen molar-refractivity contribution in [2.45, 2.75) is 44.2 Å². The van der Waals surface area contributed by atoms with Gasteiger partial charge >= 0.3 is 0 Å². The smallest absolute Gasteiger partial charge is 0.277 e. The molecule has 1 heterocycles. The van der Waals surface area contributed by atoms with Gasteiger partial charge in [0.25, 0.3) is 5.91 Å². The van der Waals surface area contributed by atoms with Crippen molar-refractivity contribution in [1.82, 2.24) is 10.3 Å². The Balaban J connectivity index is 1.80. The molecule has 1 aliphatic carbocycles. The normalized spacial score (nSPS) is 15.0. The van der Waals surface area contributed by atoms with Gasteiger partial charge in [-0.15, -0.1) is 0 Å². The summed E-state index contributed by atoms with van der Waals surface area (Å²) in [6, 6.07) is 18.9. The van der Waals surface area contributed by atoms with Crippen LogP contribution in [-0.4, -0.2) is 22.8 Å². The van der Waals surface area contributed by atoms with E-state index >= 15 is 0 Å². The van der Waals surface area contributed by atoms with Crippen LogP contribution in [0.3, 0.4) is 0 Å². The maximum Gasteiger partial charge on any atom is 0.277 e. The highest BCUT2D eigenvalue weighted by Crippen LogP contribution is 2.31. The van der Waals surface area contributed by atoms with E-state index in [1.165, 1.54) is 17.2 Å². The maximum absolute atomic E-state index is 15.0. The van der Waals surface area contributed by atoms with Gasteiger partial charge in [-0.05, 0) is 43.2 Å². The zero-order valence-corrected chi connectivity index (χ0v) is 17.8. The second-order valence-electron chi connectivity index (χ2n) is 7.99. The van der Waals surface area contributed by atoms with Crippen molar-refractivity contribution >= 4 is 17.5 Å². The molecular formula is C26H26FN3O2. The molecule has 3 aromatic rings. The van der Waals surface area contributed by atoms with Crippen LogP contribution in [0.2, 0.25) is 0 Å². The van der Waals surface area contributed by atoms with E-state index in [2.05, 4.69) is 10.3 Å². The number of benzene rings is 2. The van der Waals surface area contributed by atoms with Gasteiger partial charge in [-0.25, -0.2) is 4.39 Å². The molecule has 1 aromatic heterocycles. The molecule has 1 saturated carbocycles. The van der Waals surface area contributed by atoms with Gasteiger partial charge in [0, 0.05) is 23.5 Å². The van der Waals surface area contributed by atoms with E-state index in [9.17, 15) is 14.0 Å². The molecule has 32 heavy (non-hydrogen) atoms. The second kappa shape index (κ2) is 10.2. The fourth-order valence-corrected chi connectivity index (χ4v) is 4.21. The third-order valence-electron chi connectivity index (χ3n) is 5.80. The van der Waals surface area contributed by atoms with E-state index in [-0.39, 0.29) is 17.3 Å². The van der Waals surface area contributed by atoms with Crippen molar-refractivity contribution in [1.29, 1.82) is 0 Å². The largest absolute Gasteiger partial charge is 0.351 e. The zero-order chi connectivity index (χ0) is 22.3. The van der Waals surface area contributed by atoms with Gasteiger partial charge in [0.15, 0.2) is 0 Å². The van der Waals surface area contributed by atoms with Gasteiger partial charge < -0.3 is 5.32 Å². The molecule has 4 rings (SSSR count). The van der Waals surface area contributed by atoms with Crippen molar-refractivity contribution in [3.8, 4) is 0 Å². The molecule has 0 radical (unpaired) electrons. The molecule has 1 N–H and O–H groups in total. The standard InChI is InChI=1S/C26H26FN3O2/c27-22-16-8-7-15-21(22)24(25(31)29-19-11-3-1-4-12-19)30(20-13-5-2-6-14-20)26(32)23-17-9-10-18-28-23/h2,5-10,13-19,24H,1,3-4,11-12H2,(H,29,31)/t24-/m1/s1. The lowest BCUT2D eigenvalue weighted by Gasteiger charge is -2.33. The number of nitrogens with one attached hydrogen (secondary N) is 1. The van der Waals surface area contributed by atoms with Crippen LogP contribution >= 0.6 is 0 Å². The van der Waals surface area contributed by atoms with Crippen molar-refractivity contribution in [3.05, 3.63) is 96.1 Å². The van der Waals surface area contributed by atoms with E-state index < -0.39 is 23.7 Å². The first-order valence-corrected chi connectivity index (χ1v) is 11.0. The Labute approximate surface area is 187 Å². The Bertz CT molecular complexity index is 1050. The zero-order valence-electron chi connectivity index (χ0n) is 17.8. The quantitative estimate of drug-likeness (QED) is 0.594. The summed E-state index contributed by atoms with van der Waals surface area (Å²) in [5.74, 6) is -1.40. The number of nitrogens with zero attached hydrogens (tertiary/aromatic N) is 2. The Morgan fingerprint density at radius 1 is 0.906 bits per heavy atom. The molecule has 6 heteroatoms. The molecule has 5 nitrogen and oxygen atoms in total. The van der Waals surface area contributed by atoms with Crippen LogP contribution in [0.25, 0.3) is 0 Å². The minimum absolute atomic E-state index is 0.0214. The molecule has 164 valence electrons. The fourth-order valence-electron chi connectivity index (χ4n) is 4.21. The summed E-state index contributed by atoms with van der Waals surface area (Å²) in [5, 5.41) is 3.08. The highest BCUT2D eigenvalue weighted by Gasteiger charge is 2.36. The molecule has 2 aromatic carbocycles. The second-order valence-corrected chi connectivity index (χ2v) is 7.99. The van der Waals surface area contributed by atoms with Crippen molar-refractivity contribution in [2.24, 2.45) is 0 Å². The van der Waals surface area contributed by atoms with Crippen LogP contribution in [0, 0.1) is 5.82 Å². The number of rotatable bonds is 6. The first-order valence-electron chi connectivity index (χ1n) is 11.0. The Morgan fingerprint density at radius 2 is 1.59 bits per heavy atom. The first kappa shape index (κ1) is 21.7. The predicted octanol–water partition coefficient (Wildman–Crippen LogP) is 5.06. The lowest BCUT2D eigenvalue weighted by atomic mass is 9.94. The number of hydrogen-bond donors (Lipinski definition) is 1. The van der Waals surface area contributed by atoms with Gasteiger partial charge in [-0.3, -0.25) is 19.5 Å². The molecule has 0 bridgehead atoms. The Morgan fingerprint density at radius 3 is 2.28 bits per heavy atom. The number of halogens is 1. The molecule has 0 unspecified atom stereocenters. The summed E-state index contributed by atoms with van der Waals surface area (Å²) in [6.45, 7) is 0. The number of carbonyl (C=O) groups excluding carboxylic acids is 2. The van der Waals surface area contributed by atoms with E-state index in [1.807, 2.05) is 6.07 Å². The first-order chi connectivity index (χ1) is 15.6. The van der Waals surface area contributed by atoms with E-state index in [4.69, 9.17) is 0 Å². The minimum atomic E-state index is -1.17. The average molecular weight is 432 g/mol. The van der Waals surface area contributed by atoms with Crippen molar-refractivity contribution in [2.75, 3.05) is 4.90 Å². The van der Waals surface area contributed by atoms with Gasteiger partial charge in [-0.2, -0.15) is 0 Å². The van der Waals surface area contributed by atoms with Crippen molar-refractivity contribution in [3.63, 3.8) is 0 Å². The summed E-state index contributed by atoms with van der Waals surface area (Å²) in [5.41, 5.74) is 0.826. The maximum atomic E-state index is 15.0. The van der Waals surface area contributed by atoms with E-state index in [0.717, 1.165) is 32.1 Å². The van der Waals surface area contributed by atoms with Crippen LogP contribution < -0.4 is 10.2 Å². The molecule has 2 amide bonds. The number of pyridine rings is 1. The number of aromatic nitrogens is 1. The molecular weight excluding hydrogens is 405 g/mol. The van der Waals surface area contributed by atoms with E-state index in [0.29, 0.717) is 5.69 Å². The van der Waals surface area contributed by atoms with Gasteiger partial charge in [-0.1, -0.05) is 61.7 Å². The Hall–Kier alpha value is -3.54. The number of amides is 2. The highest BCUT2D eigenvalue weighted by molar-refractivity contribution is 6.09. The Kier molecular flexibility index (Phi) is 6.90. The summed E-state index contributed by atoms with van der Waals surface area (Å²) in [7, 11) is 0. The monoisotopic (exact) mass is 431 g/mol. The van der Waals surface area contributed by atoms with Gasteiger partial charge in [0.2, 0.25) is 5.91 Å². The summed E-state index contributed by atoms with van der Waals surface area (Å²) in [6.07, 6.45) is 6.54. The molecule has 0 saturated heterocycles. The number of carbonyl (C=O) groups is 2. The predicted molar refractivity (Wildman–Crippen MR) is 122 cm³/mol. The molecule has 0 aliphatic heterocycles. The molecule has 1 fully saturated rings. The lowest BCUT2D eigenvalue weighted by Crippen LogP contribution is -2.47. The van der Waals surface area contributed by atoms with Crippen molar-refractivity contribution < 1.29 is 14.0 Å². The van der Waals surface area contributed by atoms with Gasteiger partial charge in [0.1, 0.15) is 17.6 Å².